The summed E-state index contributed by atoms with van der Waals surface area (Å²) in [5, 5.41) is 1.07. The molecule has 0 bridgehead atoms. The zero-order chi connectivity index (χ0) is 24.7. The average Bonchev–Trinajstić information content (AvgIpc) is 3.52. The summed E-state index contributed by atoms with van der Waals surface area (Å²) in [6.45, 7) is 8.91. The SMILES string of the molecule is C=C1SC(SC)=C(SCSC(C)(C)C2=C(SC)S/C(=C\CCC=C3SC(SC)=C(SC)S3)S2)S1. The summed E-state index contributed by atoms with van der Waals surface area (Å²) in [7, 11) is 0. The van der Waals surface area contributed by atoms with E-state index in [4.69, 9.17) is 0 Å². The highest BCUT2D eigenvalue weighted by molar-refractivity contribution is 8.42. The quantitative estimate of drug-likeness (QED) is 0.143. The van der Waals surface area contributed by atoms with Gasteiger partial charge in [0.2, 0.25) is 0 Å². The lowest BCUT2D eigenvalue weighted by atomic mass is 10.2. The number of thioether (sulfide) groups is 12. The maximum absolute atomic E-state index is 4.14. The van der Waals surface area contributed by atoms with Crippen LogP contribution in [0.1, 0.15) is 26.7 Å². The number of unbranched alkanes of at least 4 members (excludes halogenated alkanes) is 1. The van der Waals surface area contributed by atoms with E-state index >= 15 is 0 Å². The van der Waals surface area contributed by atoms with Gasteiger partial charge in [-0.15, -0.1) is 70.6 Å². The number of allylic oxidation sites excluding steroid dienone is 2. The number of hydrogen-bond donors (Lipinski definition) is 0. The molecule has 0 radical (unpaired) electrons. The van der Waals surface area contributed by atoms with Gasteiger partial charge in [-0.05, 0) is 51.7 Å². The van der Waals surface area contributed by atoms with Gasteiger partial charge in [0.15, 0.2) is 0 Å². The van der Waals surface area contributed by atoms with Crippen molar-refractivity contribution in [1.82, 2.24) is 0 Å². The molecule has 3 rings (SSSR count). The summed E-state index contributed by atoms with van der Waals surface area (Å²) in [5.74, 6) is 0. The van der Waals surface area contributed by atoms with Crippen molar-refractivity contribution in [2.75, 3.05) is 30.1 Å². The molecule has 0 amide bonds. The summed E-state index contributed by atoms with van der Waals surface area (Å²) in [4.78, 5) is 1.53. The van der Waals surface area contributed by atoms with Crippen LogP contribution in [0.4, 0.5) is 0 Å². The lowest BCUT2D eigenvalue weighted by Crippen LogP contribution is -2.16. The standard InChI is InChI=1S/C22H28S12/c1-13-29-20(26-7)21(30-13)27-12-28-22(2,3)16-17(23-4)32-14(31-16)10-8-9-11-15-33-18(24-5)19(25-6)34-15/h10-11H,1,8-9,12H2,2-7H3/b14-10-. The van der Waals surface area contributed by atoms with Crippen molar-refractivity contribution in [2.45, 2.75) is 31.4 Å². The van der Waals surface area contributed by atoms with Gasteiger partial charge in [0.05, 0.1) is 21.2 Å². The van der Waals surface area contributed by atoms with Crippen LogP contribution in [-0.2, 0) is 0 Å². The smallest absolute Gasteiger partial charge is 0.0667 e. The molecule has 3 aliphatic rings. The van der Waals surface area contributed by atoms with Crippen LogP contribution in [0.25, 0.3) is 0 Å². The molecule has 0 nitrogen and oxygen atoms in total. The van der Waals surface area contributed by atoms with Crippen LogP contribution in [0.2, 0.25) is 0 Å². The fraction of sp³-hybridized carbons (Fsp3) is 0.455. The molecule has 3 aliphatic heterocycles. The Balaban J connectivity index is 1.51. The fourth-order valence-electron chi connectivity index (χ4n) is 2.73. The maximum atomic E-state index is 4.14. The average molecular weight is 677 g/mol. The van der Waals surface area contributed by atoms with Gasteiger partial charge in [-0.25, -0.2) is 0 Å². The molecule has 188 valence electrons. The first-order valence-corrected chi connectivity index (χ1v) is 21.9. The first kappa shape index (κ1) is 31.2. The lowest BCUT2D eigenvalue weighted by molar-refractivity contribution is 0.888. The Morgan fingerprint density at radius 2 is 1.15 bits per heavy atom. The second-order valence-corrected chi connectivity index (χ2v) is 21.8. The van der Waals surface area contributed by atoms with Gasteiger partial charge in [-0.1, -0.05) is 89.3 Å². The molecule has 12 heteroatoms. The van der Waals surface area contributed by atoms with Gasteiger partial charge in [0.25, 0.3) is 0 Å². The summed E-state index contributed by atoms with van der Waals surface area (Å²) >= 11 is 23.0. The Morgan fingerprint density at radius 1 is 0.676 bits per heavy atom. The van der Waals surface area contributed by atoms with Gasteiger partial charge in [-0.3, -0.25) is 0 Å². The molecule has 0 saturated carbocycles. The van der Waals surface area contributed by atoms with Crippen molar-refractivity contribution in [1.29, 1.82) is 0 Å². The third-order valence-corrected chi connectivity index (χ3v) is 20.4. The molecule has 34 heavy (non-hydrogen) atoms. The van der Waals surface area contributed by atoms with Crippen LogP contribution in [0.3, 0.4) is 0 Å². The Hall–Kier alpha value is 2.64. The molecule has 0 aromatic rings. The van der Waals surface area contributed by atoms with Crippen molar-refractivity contribution in [3.05, 3.63) is 57.5 Å². The predicted molar refractivity (Wildman–Crippen MR) is 189 cm³/mol. The Labute approximate surface area is 257 Å². The minimum Gasteiger partial charge on any atom is -0.139 e. The van der Waals surface area contributed by atoms with Gasteiger partial charge in [0, 0.05) is 27.4 Å². The van der Waals surface area contributed by atoms with Gasteiger partial charge in [0.1, 0.15) is 0 Å². The Bertz CT molecular complexity index is 920. The summed E-state index contributed by atoms with van der Waals surface area (Å²) in [6, 6.07) is 0. The van der Waals surface area contributed by atoms with E-state index in [-0.39, 0.29) is 4.75 Å². The van der Waals surface area contributed by atoms with Crippen molar-refractivity contribution in [2.24, 2.45) is 0 Å². The van der Waals surface area contributed by atoms with Gasteiger partial charge in [-0.2, -0.15) is 0 Å². The largest absolute Gasteiger partial charge is 0.139 e. The number of rotatable bonds is 12. The third kappa shape index (κ3) is 8.83. The van der Waals surface area contributed by atoms with Crippen LogP contribution < -0.4 is 0 Å². The third-order valence-electron chi connectivity index (χ3n) is 4.40. The van der Waals surface area contributed by atoms with E-state index in [0.29, 0.717) is 0 Å². The van der Waals surface area contributed by atoms with E-state index in [1.165, 1.54) is 38.8 Å². The van der Waals surface area contributed by atoms with Crippen molar-refractivity contribution in [3.8, 4) is 0 Å². The van der Waals surface area contributed by atoms with E-state index in [9.17, 15) is 0 Å². The van der Waals surface area contributed by atoms with E-state index < -0.39 is 0 Å². The van der Waals surface area contributed by atoms with E-state index in [1.807, 2.05) is 129 Å². The molecule has 0 fully saturated rings. The van der Waals surface area contributed by atoms with E-state index in [1.54, 1.807) is 0 Å². The van der Waals surface area contributed by atoms with Crippen LogP contribution in [0.15, 0.2) is 57.5 Å². The van der Waals surface area contributed by atoms with Crippen LogP contribution in [0, 0.1) is 0 Å². The van der Waals surface area contributed by atoms with Crippen LogP contribution >= 0.6 is 141 Å². The van der Waals surface area contributed by atoms with Crippen molar-refractivity contribution >= 4 is 141 Å². The van der Waals surface area contributed by atoms with Crippen LogP contribution in [-0.4, -0.2) is 34.9 Å². The topological polar surface area (TPSA) is 0 Å². The zero-order valence-electron chi connectivity index (χ0n) is 19.9. The molecule has 0 spiro atoms. The maximum Gasteiger partial charge on any atom is 0.0667 e. The highest BCUT2D eigenvalue weighted by Gasteiger charge is 2.33. The molecule has 0 aliphatic carbocycles. The monoisotopic (exact) mass is 676 g/mol. The molecule has 0 aromatic heterocycles. The lowest BCUT2D eigenvalue weighted by Gasteiger charge is -2.25. The zero-order valence-corrected chi connectivity index (χ0v) is 29.7. The second-order valence-electron chi connectivity index (χ2n) is 7.11. The normalized spacial score (nSPS) is 20.7. The highest BCUT2D eigenvalue weighted by atomic mass is 32.3. The van der Waals surface area contributed by atoms with Crippen molar-refractivity contribution in [3.63, 3.8) is 0 Å². The van der Waals surface area contributed by atoms with E-state index in [2.05, 4.69) is 69.4 Å². The molecular weight excluding hydrogens is 649 g/mol. The molecule has 3 heterocycles. The minimum absolute atomic E-state index is 0.110. The van der Waals surface area contributed by atoms with Gasteiger partial charge < -0.3 is 0 Å². The molecule has 0 N–H and O–H groups in total. The molecular formula is C22H28S12. The highest BCUT2D eigenvalue weighted by Crippen LogP contribution is 2.61. The minimum atomic E-state index is 0.110. The first-order valence-electron chi connectivity index (χ1n) is 10.1. The van der Waals surface area contributed by atoms with Crippen molar-refractivity contribution < 1.29 is 0 Å². The molecule has 0 saturated heterocycles. The molecule has 0 unspecified atom stereocenters. The summed E-state index contributed by atoms with van der Waals surface area (Å²) in [6.07, 6.45) is 15.8. The molecule has 0 aromatic carbocycles. The Kier molecular flexibility index (Phi) is 14.1. The predicted octanol–water partition coefficient (Wildman–Crippen LogP) is 12.4. The fourth-order valence-corrected chi connectivity index (χ4v) is 19.0. The first-order chi connectivity index (χ1) is 16.3. The second kappa shape index (κ2) is 15.4. The molecule has 0 atom stereocenters. The summed E-state index contributed by atoms with van der Waals surface area (Å²) in [5.41, 5.74) is 0. The summed E-state index contributed by atoms with van der Waals surface area (Å²) < 4.78 is 11.4. The van der Waals surface area contributed by atoms with E-state index in [0.717, 1.165) is 17.9 Å². The van der Waals surface area contributed by atoms with Crippen LogP contribution in [0.5, 0.6) is 0 Å². The Morgan fingerprint density at radius 3 is 1.71 bits per heavy atom. The van der Waals surface area contributed by atoms with Gasteiger partial charge >= 0.3 is 0 Å². The number of hydrogen-bond acceptors (Lipinski definition) is 12.